The fraction of sp³-hybridized carbons (Fsp3) is 0.571. The summed E-state index contributed by atoms with van der Waals surface area (Å²) in [6.45, 7) is 7.33. The molecule has 0 aromatic carbocycles. The van der Waals surface area contributed by atoms with E-state index in [-0.39, 0.29) is 22.6 Å². The lowest BCUT2D eigenvalue weighted by Gasteiger charge is -2.24. The number of nitrogens with zero attached hydrogens (tertiary/aromatic N) is 4. The van der Waals surface area contributed by atoms with Crippen molar-refractivity contribution in [2.75, 3.05) is 0 Å². The van der Waals surface area contributed by atoms with Crippen LogP contribution in [0, 0.1) is 0 Å². The summed E-state index contributed by atoms with van der Waals surface area (Å²) in [6.07, 6.45) is 1.42. The molecule has 2 aromatic rings. The number of aromatic nitrogens is 4. The van der Waals surface area contributed by atoms with Crippen molar-refractivity contribution < 1.29 is 4.79 Å². The van der Waals surface area contributed by atoms with Crippen LogP contribution in [0.25, 0.3) is 11.2 Å². The highest BCUT2D eigenvalue weighted by molar-refractivity contribution is 5.83. The lowest BCUT2D eigenvalue weighted by molar-refractivity contribution is -0.125. The monoisotopic (exact) mass is 307 g/mol. The molecule has 0 aliphatic rings. The van der Waals surface area contributed by atoms with E-state index in [0.29, 0.717) is 0 Å². The standard InChI is InChI=1S/C14H21N5O3/c1-8(11(20)16-14(2,3)4)19-7-15-10-9(19)12(21)18(6)13(22)17(10)5/h7-8H,1-6H3,(H,16,20). The Bertz CT molecular complexity index is 850. The lowest BCUT2D eigenvalue weighted by atomic mass is 10.1. The fourth-order valence-corrected chi connectivity index (χ4v) is 2.26. The van der Waals surface area contributed by atoms with Gasteiger partial charge in [0.05, 0.1) is 6.33 Å². The Morgan fingerprint density at radius 2 is 1.82 bits per heavy atom. The van der Waals surface area contributed by atoms with Gasteiger partial charge in [-0.2, -0.15) is 0 Å². The van der Waals surface area contributed by atoms with E-state index in [1.807, 2.05) is 20.8 Å². The summed E-state index contributed by atoms with van der Waals surface area (Å²) >= 11 is 0. The zero-order valence-corrected chi connectivity index (χ0v) is 13.7. The van der Waals surface area contributed by atoms with Crippen LogP contribution in [0.1, 0.15) is 33.7 Å². The molecule has 0 fully saturated rings. The van der Waals surface area contributed by atoms with Gasteiger partial charge in [0.25, 0.3) is 5.56 Å². The number of amides is 1. The van der Waals surface area contributed by atoms with Crippen LogP contribution in [0.4, 0.5) is 0 Å². The first-order chi connectivity index (χ1) is 10.0. The van der Waals surface area contributed by atoms with Crippen LogP contribution >= 0.6 is 0 Å². The Balaban J connectivity index is 2.61. The number of hydrogen-bond donors (Lipinski definition) is 1. The molecule has 0 saturated heterocycles. The summed E-state index contributed by atoms with van der Waals surface area (Å²) in [5, 5.41) is 2.87. The zero-order chi connectivity index (χ0) is 16.8. The van der Waals surface area contributed by atoms with Gasteiger partial charge >= 0.3 is 5.69 Å². The van der Waals surface area contributed by atoms with Crippen molar-refractivity contribution in [1.82, 2.24) is 24.0 Å². The Hall–Kier alpha value is -2.38. The highest BCUT2D eigenvalue weighted by Gasteiger charge is 2.24. The molecule has 0 aliphatic carbocycles. The second kappa shape index (κ2) is 5.11. The van der Waals surface area contributed by atoms with E-state index in [4.69, 9.17) is 0 Å². The summed E-state index contributed by atoms with van der Waals surface area (Å²) in [5.74, 6) is -0.220. The minimum atomic E-state index is -0.616. The maximum atomic E-state index is 12.4. The number of imidazole rings is 1. The first kappa shape index (κ1) is 16.0. The molecule has 0 bridgehead atoms. The van der Waals surface area contributed by atoms with Crippen molar-refractivity contribution >= 4 is 17.1 Å². The maximum Gasteiger partial charge on any atom is 0.332 e. The minimum absolute atomic E-state index is 0.220. The van der Waals surface area contributed by atoms with Crippen LogP contribution in [0.2, 0.25) is 0 Å². The first-order valence-electron chi connectivity index (χ1n) is 6.99. The van der Waals surface area contributed by atoms with Gasteiger partial charge in [0, 0.05) is 19.6 Å². The second-order valence-electron chi connectivity index (χ2n) is 6.45. The van der Waals surface area contributed by atoms with Gasteiger partial charge in [-0.1, -0.05) is 0 Å². The van der Waals surface area contributed by atoms with Crippen molar-refractivity contribution in [3.05, 3.63) is 27.2 Å². The number of carbonyl (C=O) groups excluding carboxylic acids is 1. The lowest BCUT2D eigenvalue weighted by Crippen LogP contribution is -2.44. The zero-order valence-electron chi connectivity index (χ0n) is 13.7. The highest BCUT2D eigenvalue weighted by atomic mass is 16.2. The molecular weight excluding hydrogens is 286 g/mol. The van der Waals surface area contributed by atoms with Crippen LogP contribution in [0.15, 0.2) is 15.9 Å². The molecule has 2 rings (SSSR count). The molecule has 120 valence electrons. The van der Waals surface area contributed by atoms with Gasteiger partial charge in [0.1, 0.15) is 6.04 Å². The van der Waals surface area contributed by atoms with Crippen LogP contribution in [-0.4, -0.2) is 30.1 Å². The Morgan fingerprint density at radius 1 is 1.23 bits per heavy atom. The molecule has 0 spiro atoms. The predicted molar refractivity (Wildman–Crippen MR) is 82.8 cm³/mol. The average Bonchev–Trinajstić information content (AvgIpc) is 2.84. The Kier molecular flexibility index (Phi) is 3.72. The molecule has 22 heavy (non-hydrogen) atoms. The van der Waals surface area contributed by atoms with Crippen molar-refractivity contribution in [3.8, 4) is 0 Å². The van der Waals surface area contributed by atoms with Gasteiger partial charge in [-0.05, 0) is 27.7 Å². The van der Waals surface area contributed by atoms with Crippen LogP contribution in [0.3, 0.4) is 0 Å². The van der Waals surface area contributed by atoms with Gasteiger partial charge < -0.3 is 9.88 Å². The summed E-state index contributed by atoms with van der Waals surface area (Å²) in [5.41, 5.74) is -0.787. The molecule has 8 nitrogen and oxygen atoms in total. The minimum Gasteiger partial charge on any atom is -0.350 e. The molecule has 1 amide bonds. The first-order valence-corrected chi connectivity index (χ1v) is 6.99. The van der Waals surface area contributed by atoms with Crippen LogP contribution < -0.4 is 16.6 Å². The van der Waals surface area contributed by atoms with Crippen molar-refractivity contribution in [2.45, 2.75) is 39.3 Å². The molecule has 1 unspecified atom stereocenters. The van der Waals surface area contributed by atoms with Gasteiger partial charge in [-0.25, -0.2) is 9.78 Å². The Morgan fingerprint density at radius 3 is 2.36 bits per heavy atom. The highest BCUT2D eigenvalue weighted by Crippen LogP contribution is 2.14. The topological polar surface area (TPSA) is 90.9 Å². The van der Waals surface area contributed by atoms with Crippen LogP contribution in [-0.2, 0) is 18.9 Å². The summed E-state index contributed by atoms with van der Waals surface area (Å²) in [6, 6.07) is -0.616. The van der Waals surface area contributed by atoms with E-state index in [0.717, 1.165) is 4.57 Å². The molecule has 8 heteroatoms. The number of rotatable bonds is 2. The molecule has 2 heterocycles. The normalized spacial score (nSPS) is 13.4. The number of aryl methyl sites for hydroxylation is 1. The number of carbonyl (C=O) groups is 1. The Labute approximate surface area is 127 Å². The molecule has 0 saturated carbocycles. The molecular formula is C14H21N5O3. The van der Waals surface area contributed by atoms with Crippen molar-refractivity contribution in [1.29, 1.82) is 0 Å². The molecule has 2 aromatic heterocycles. The van der Waals surface area contributed by atoms with Gasteiger partial charge in [0.15, 0.2) is 11.2 Å². The number of hydrogen-bond acceptors (Lipinski definition) is 4. The molecule has 1 N–H and O–H groups in total. The number of fused-ring (bicyclic) bond motifs is 1. The third-order valence-electron chi connectivity index (χ3n) is 3.47. The molecule has 0 radical (unpaired) electrons. The largest absolute Gasteiger partial charge is 0.350 e. The quantitative estimate of drug-likeness (QED) is 0.839. The molecule has 0 aliphatic heterocycles. The maximum absolute atomic E-state index is 12.4. The second-order valence-corrected chi connectivity index (χ2v) is 6.45. The van der Waals surface area contributed by atoms with Crippen molar-refractivity contribution in [2.24, 2.45) is 14.1 Å². The van der Waals surface area contributed by atoms with E-state index in [1.54, 1.807) is 14.0 Å². The van der Waals surface area contributed by atoms with E-state index in [1.165, 1.54) is 22.5 Å². The van der Waals surface area contributed by atoms with E-state index in [9.17, 15) is 14.4 Å². The SMILES string of the molecule is CC(C(=O)NC(C)(C)C)n1cnc2c1c(=O)n(C)c(=O)n2C. The average molecular weight is 307 g/mol. The van der Waals surface area contributed by atoms with Crippen molar-refractivity contribution in [3.63, 3.8) is 0 Å². The van der Waals surface area contributed by atoms with Gasteiger partial charge in [-0.3, -0.25) is 18.7 Å². The van der Waals surface area contributed by atoms with E-state index in [2.05, 4.69) is 10.3 Å². The molecule has 1 atom stereocenters. The predicted octanol–water partition coefficient (Wildman–Crippen LogP) is -0.0906. The third kappa shape index (κ3) is 2.56. The van der Waals surface area contributed by atoms with E-state index < -0.39 is 17.3 Å². The summed E-state index contributed by atoms with van der Waals surface area (Å²) in [4.78, 5) is 40.7. The van der Waals surface area contributed by atoms with Gasteiger partial charge in [0.2, 0.25) is 5.91 Å². The van der Waals surface area contributed by atoms with Gasteiger partial charge in [-0.15, -0.1) is 0 Å². The fourth-order valence-electron chi connectivity index (χ4n) is 2.26. The van der Waals surface area contributed by atoms with E-state index >= 15 is 0 Å². The number of nitrogens with one attached hydrogen (secondary N) is 1. The summed E-state index contributed by atoms with van der Waals surface area (Å²) in [7, 11) is 2.95. The third-order valence-corrected chi connectivity index (χ3v) is 3.47. The van der Waals surface area contributed by atoms with Crippen LogP contribution in [0.5, 0.6) is 0 Å². The summed E-state index contributed by atoms with van der Waals surface area (Å²) < 4.78 is 3.80. The smallest absolute Gasteiger partial charge is 0.332 e.